The number of carbonyl (C=O) groups is 1. The van der Waals surface area contributed by atoms with Crippen LogP contribution in [-0.2, 0) is 16.1 Å². The first-order valence-corrected chi connectivity index (χ1v) is 11.6. The first-order valence-electron chi connectivity index (χ1n) is 11.2. The molecule has 0 saturated heterocycles. The molecule has 1 aliphatic rings. The lowest BCUT2D eigenvalue weighted by Gasteiger charge is -2.37. The van der Waals surface area contributed by atoms with Gasteiger partial charge in [0.1, 0.15) is 17.0 Å². The molecule has 1 aliphatic carbocycles. The van der Waals surface area contributed by atoms with Crippen LogP contribution in [0.1, 0.15) is 57.6 Å². The van der Waals surface area contributed by atoms with Crippen molar-refractivity contribution in [1.82, 2.24) is 5.32 Å². The molecule has 0 spiro atoms. The number of methoxy groups -OCH3 is 1. The second kappa shape index (κ2) is 11.0. The fraction of sp³-hybridized carbons (Fsp3) is 0.444. The minimum absolute atomic E-state index is 0.0851. The monoisotopic (exact) mass is 469 g/mol. The van der Waals surface area contributed by atoms with Gasteiger partial charge in [0.15, 0.2) is 0 Å². The smallest absolute Gasteiger partial charge is 0.407 e. The number of hydrogen-bond acceptors (Lipinski definition) is 4. The largest absolute Gasteiger partial charge is 0.497 e. The Kier molecular flexibility index (Phi) is 8.29. The molecule has 1 fully saturated rings. The van der Waals surface area contributed by atoms with Gasteiger partial charge in [0.25, 0.3) is 0 Å². The molecule has 0 aromatic heterocycles. The molecule has 1 amide bonds. The summed E-state index contributed by atoms with van der Waals surface area (Å²) in [7, 11) is 1.64. The van der Waals surface area contributed by atoms with E-state index in [1.54, 1.807) is 7.11 Å². The van der Waals surface area contributed by atoms with Gasteiger partial charge in [-0.15, -0.1) is 0 Å². The van der Waals surface area contributed by atoms with Crippen LogP contribution in [-0.4, -0.2) is 30.4 Å². The maximum Gasteiger partial charge on any atom is 0.407 e. The summed E-state index contributed by atoms with van der Waals surface area (Å²) in [6.45, 7) is 5.97. The zero-order valence-corrected chi connectivity index (χ0v) is 20.5. The topological polar surface area (TPSA) is 56.8 Å². The molecule has 0 aliphatic heterocycles. The zero-order chi connectivity index (χ0) is 23.9. The van der Waals surface area contributed by atoms with Gasteiger partial charge < -0.3 is 19.5 Å². The van der Waals surface area contributed by atoms with E-state index in [0.29, 0.717) is 18.1 Å². The molecule has 3 rings (SSSR count). The third-order valence-corrected chi connectivity index (χ3v) is 5.60. The minimum atomic E-state index is -0.694. The third kappa shape index (κ3) is 7.99. The predicted molar refractivity (Wildman–Crippen MR) is 130 cm³/mol. The lowest BCUT2D eigenvalue weighted by molar-refractivity contribution is -0.0450. The zero-order valence-electron chi connectivity index (χ0n) is 19.7. The van der Waals surface area contributed by atoms with E-state index < -0.39 is 17.3 Å². The van der Waals surface area contributed by atoms with Gasteiger partial charge in [0, 0.05) is 23.0 Å². The fourth-order valence-corrected chi connectivity index (χ4v) is 4.00. The van der Waals surface area contributed by atoms with Crippen LogP contribution in [0.2, 0.25) is 5.02 Å². The van der Waals surface area contributed by atoms with E-state index in [1.165, 1.54) is 0 Å². The van der Waals surface area contributed by atoms with Crippen LogP contribution >= 0.6 is 11.6 Å². The van der Waals surface area contributed by atoms with E-state index in [0.717, 1.165) is 36.1 Å². The van der Waals surface area contributed by atoms with Gasteiger partial charge in [-0.3, -0.25) is 0 Å². The molecule has 0 unspecified atom stereocenters. The van der Waals surface area contributed by atoms with E-state index >= 15 is 0 Å². The average molecular weight is 470 g/mol. The van der Waals surface area contributed by atoms with Crippen molar-refractivity contribution >= 4 is 17.7 Å². The first kappa shape index (κ1) is 25.0. The van der Waals surface area contributed by atoms with Crippen LogP contribution in [0, 0.1) is 11.8 Å². The first-order chi connectivity index (χ1) is 15.7. The van der Waals surface area contributed by atoms with Crippen molar-refractivity contribution in [2.45, 2.75) is 70.3 Å². The van der Waals surface area contributed by atoms with Gasteiger partial charge in [-0.1, -0.05) is 41.6 Å². The number of halogens is 1. The molecule has 6 heteroatoms. The Hall–Kier alpha value is -2.68. The summed E-state index contributed by atoms with van der Waals surface area (Å²) in [5.41, 5.74) is 0.617. The lowest BCUT2D eigenvalue weighted by Crippen LogP contribution is -2.47. The number of nitrogens with one attached hydrogen (secondary N) is 1. The molecule has 33 heavy (non-hydrogen) atoms. The maximum atomic E-state index is 12.4. The Morgan fingerprint density at radius 2 is 1.97 bits per heavy atom. The van der Waals surface area contributed by atoms with Crippen molar-refractivity contribution in [3.8, 4) is 17.6 Å². The molecule has 0 radical (unpaired) electrons. The molecule has 2 aromatic carbocycles. The number of hydrogen-bond donors (Lipinski definition) is 1. The Bertz CT molecular complexity index is 1000. The van der Waals surface area contributed by atoms with E-state index in [9.17, 15) is 4.79 Å². The maximum absolute atomic E-state index is 12.4. The summed E-state index contributed by atoms with van der Waals surface area (Å²) < 4.78 is 17.1. The number of carbonyl (C=O) groups excluding carboxylic acids is 1. The Morgan fingerprint density at radius 1 is 1.21 bits per heavy atom. The number of ether oxygens (including phenoxy) is 3. The van der Waals surface area contributed by atoms with Gasteiger partial charge in [-0.05, 0) is 75.9 Å². The molecule has 1 saturated carbocycles. The number of benzene rings is 2. The molecule has 2 atom stereocenters. The van der Waals surface area contributed by atoms with Crippen molar-refractivity contribution in [2.24, 2.45) is 0 Å². The van der Waals surface area contributed by atoms with Crippen LogP contribution in [0.25, 0.3) is 0 Å². The quantitative estimate of drug-likeness (QED) is 0.535. The highest BCUT2D eigenvalue weighted by molar-refractivity contribution is 6.30. The molecule has 176 valence electrons. The third-order valence-electron chi connectivity index (χ3n) is 5.36. The fourth-order valence-electron chi connectivity index (χ4n) is 3.81. The Labute approximate surface area is 201 Å². The van der Waals surface area contributed by atoms with Crippen LogP contribution in [0.3, 0.4) is 0 Å². The molecular formula is C27H32ClNO4. The number of rotatable bonds is 5. The highest BCUT2D eigenvalue weighted by Gasteiger charge is 2.37. The normalized spacial score (nSPS) is 20.3. The van der Waals surface area contributed by atoms with Gasteiger partial charge >= 0.3 is 6.09 Å². The summed E-state index contributed by atoms with van der Waals surface area (Å²) in [6, 6.07) is 15.2. The highest BCUT2D eigenvalue weighted by Crippen LogP contribution is 2.33. The summed E-state index contributed by atoms with van der Waals surface area (Å²) in [6.07, 6.45) is 2.68. The van der Waals surface area contributed by atoms with Gasteiger partial charge in [0.2, 0.25) is 0 Å². The predicted octanol–water partition coefficient (Wildman–Crippen LogP) is 6.12. The van der Waals surface area contributed by atoms with Crippen molar-refractivity contribution in [1.29, 1.82) is 0 Å². The second-order valence-electron chi connectivity index (χ2n) is 9.33. The number of amides is 1. The number of alkyl carbamates (subject to hydrolysis) is 1. The van der Waals surface area contributed by atoms with Crippen molar-refractivity contribution in [2.75, 3.05) is 7.11 Å². The van der Waals surface area contributed by atoms with Crippen LogP contribution in [0.4, 0.5) is 4.79 Å². The summed E-state index contributed by atoms with van der Waals surface area (Å²) >= 11 is 6.13. The minimum Gasteiger partial charge on any atom is -0.497 e. The average Bonchev–Trinajstić information content (AvgIpc) is 2.76. The lowest BCUT2D eigenvalue weighted by atomic mass is 9.81. The van der Waals surface area contributed by atoms with Gasteiger partial charge in [-0.2, -0.15) is 0 Å². The van der Waals surface area contributed by atoms with Crippen molar-refractivity contribution < 1.29 is 19.0 Å². The second-order valence-corrected chi connectivity index (χ2v) is 9.77. The highest BCUT2D eigenvalue weighted by atomic mass is 35.5. The standard InChI is InChI=1S/C27H32ClNO4/c1-26(2,3)33-25(30)29-23-9-6-15-27(18-23,16-14-20-7-5-8-22(28)17-20)32-19-21-10-12-24(31-4)13-11-21/h5,7-8,10-13,17,23H,6,9,15,18-19H2,1-4H3,(H,29,30)/t23-,27+/m1/s1. The van der Waals surface area contributed by atoms with Crippen molar-refractivity contribution in [3.05, 3.63) is 64.7 Å². The van der Waals surface area contributed by atoms with E-state index in [-0.39, 0.29) is 6.04 Å². The SMILES string of the molecule is COc1ccc(CO[C@]2(C#Cc3cccc(Cl)c3)CCC[C@@H](NC(=O)OC(C)(C)C)C2)cc1. The van der Waals surface area contributed by atoms with Gasteiger partial charge in [0.05, 0.1) is 13.7 Å². The molecule has 5 nitrogen and oxygen atoms in total. The molecule has 0 heterocycles. The molecule has 1 N–H and O–H groups in total. The molecule has 2 aromatic rings. The van der Waals surface area contributed by atoms with Crippen LogP contribution in [0.15, 0.2) is 48.5 Å². The van der Waals surface area contributed by atoms with Gasteiger partial charge in [-0.25, -0.2) is 4.79 Å². The van der Waals surface area contributed by atoms with Crippen molar-refractivity contribution in [3.63, 3.8) is 0 Å². The van der Waals surface area contributed by atoms with Crippen LogP contribution in [0.5, 0.6) is 5.75 Å². The van der Waals surface area contributed by atoms with E-state index in [4.69, 9.17) is 25.8 Å². The van der Waals surface area contributed by atoms with E-state index in [2.05, 4.69) is 17.2 Å². The van der Waals surface area contributed by atoms with E-state index in [1.807, 2.05) is 69.3 Å². The Balaban J connectivity index is 1.79. The summed E-state index contributed by atoms with van der Waals surface area (Å²) in [5.74, 6) is 7.41. The molecule has 0 bridgehead atoms. The summed E-state index contributed by atoms with van der Waals surface area (Å²) in [4.78, 5) is 12.4. The Morgan fingerprint density at radius 3 is 2.64 bits per heavy atom. The van der Waals surface area contributed by atoms with Crippen LogP contribution < -0.4 is 10.1 Å². The molecular weight excluding hydrogens is 438 g/mol. The summed E-state index contributed by atoms with van der Waals surface area (Å²) in [5, 5.41) is 3.65.